The number of amides is 1. The molecule has 1 fully saturated rings. The number of carbonyl (C=O) groups excluding carboxylic acids is 1. The Kier molecular flexibility index (Phi) is 8.68. The van der Waals surface area contributed by atoms with E-state index in [-0.39, 0.29) is 17.2 Å². The van der Waals surface area contributed by atoms with Gasteiger partial charge in [-0.1, -0.05) is 71.8 Å². The van der Waals surface area contributed by atoms with E-state index in [1.54, 1.807) is 24.1 Å². The second-order valence-electron chi connectivity index (χ2n) is 12.2. The van der Waals surface area contributed by atoms with E-state index in [0.29, 0.717) is 65.3 Å². The van der Waals surface area contributed by atoms with Gasteiger partial charge in [0.2, 0.25) is 11.9 Å². The van der Waals surface area contributed by atoms with Crippen LogP contribution in [0.25, 0.3) is 33.2 Å². The van der Waals surface area contributed by atoms with E-state index in [0.717, 1.165) is 32.2 Å². The highest BCUT2D eigenvalue weighted by Gasteiger charge is 2.28. The van der Waals surface area contributed by atoms with Gasteiger partial charge in [0.05, 0.1) is 17.2 Å². The fourth-order valence-electron chi connectivity index (χ4n) is 6.36. The van der Waals surface area contributed by atoms with E-state index < -0.39 is 11.2 Å². The zero-order chi connectivity index (χ0) is 34.4. The van der Waals surface area contributed by atoms with Crippen LogP contribution in [0.5, 0.6) is 0 Å². The van der Waals surface area contributed by atoms with Crippen LogP contribution in [0.15, 0.2) is 92.1 Å². The number of halogens is 1. The van der Waals surface area contributed by atoms with Crippen molar-refractivity contribution in [2.75, 3.05) is 36.8 Å². The molecule has 3 aromatic carbocycles. The first-order valence-corrected chi connectivity index (χ1v) is 17.3. The number of benzene rings is 3. The minimum Gasteiger partial charge on any atom is -0.339 e. The van der Waals surface area contributed by atoms with E-state index in [4.69, 9.17) is 16.6 Å². The van der Waals surface area contributed by atoms with Gasteiger partial charge in [0.25, 0.3) is 11.1 Å². The molecule has 11 nitrogen and oxygen atoms in total. The number of rotatable bonds is 7. The number of pyridine rings is 1. The number of H-pyrrole nitrogens is 1. The highest BCUT2D eigenvalue weighted by Crippen LogP contribution is 2.36. The Balaban J connectivity index is 1.14. The molecule has 1 N–H and O–H groups in total. The number of anilines is 1. The lowest BCUT2D eigenvalue weighted by atomic mass is 10.0. The highest BCUT2D eigenvalue weighted by molar-refractivity contribution is 8.00. The fraction of sp³-hybridized carbons (Fsp3) is 0.250. The summed E-state index contributed by atoms with van der Waals surface area (Å²) in [7, 11) is 3.09. The van der Waals surface area contributed by atoms with Crippen molar-refractivity contribution in [2.24, 2.45) is 14.1 Å². The molecule has 0 unspecified atom stereocenters. The molecule has 0 saturated carbocycles. The zero-order valence-electron chi connectivity index (χ0n) is 27.3. The minimum atomic E-state index is -0.444. The number of piperazine rings is 1. The molecule has 0 bridgehead atoms. The Morgan fingerprint density at radius 3 is 2.35 bits per heavy atom. The quantitative estimate of drug-likeness (QED) is 0.246. The van der Waals surface area contributed by atoms with Crippen molar-refractivity contribution in [3.05, 3.63) is 120 Å². The molecule has 1 amide bonds. The Bertz CT molecular complexity index is 2410. The number of hydrogen-bond donors (Lipinski definition) is 1. The summed E-state index contributed by atoms with van der Waals surface area (Å²) in [5, 5.41) is 1.36. The first-order chi connectivity index (χ1) is 23.6. The van der Waals surface area contributed by atoms with Crippen molar-refractivity contribution in [3.8, 4) is 11.1 Å². The normalized spacial score (nSPS) is 13.5. The lowest BCUT2D eigenvalue weighted by Gasteiger charge is -2.35. The molecule has 6 aromatic rings. The Morgan fingerprint density at radius 1 is 0.918 bits per heavy atom. The number of nitrogens with zero attached hydrogens (tertiary/aromatic N) is 6. The molecule has 13 heteroatoms. The summed E-state index contributed by atoms with van der Waals surface area (Å²) in [6, 6.07) is 23.1. The Morgan fingerprint density at radius 2 is 1.63 bits per heavy atom. The Hall–Kier alpha value is -5.07. The van der Waals surface area contributed by atoms with Crippen molar-refractivity contribution < 1.29 is 4.79 Å². The Labute approximate surface area is 290 Å². The third kappa shape index (κ3) is 6.06. The number of hydrogen-bond acceptors (Lipinski definition) is 7. The van der Waals surface area contributed by atoms with Crippen LogP contribution in [-0.4, -0.2) is 66.4 Å². The van der Waals surface area contributed by atoms with Gasteiger partial charge in [-0.25, -0.2) is 4.79 Å². The topological polar surface area (TPSA) is 118 Å². The predicted octanol–water partition coefficient (Wildman–Crippen LogP) is 4.39. The van der Waals surface area contributed by atoms with Crippen molar-refractivity contribution in [1.82, 2.24) is 28.6 Å². The predicted molar refractivity (Wildman–Crippen MR) is 195 cm³/mol. The highest BCUT2D eigenvalue weighted by atomic mass is 35.5. The summed E-state index contributed by atoms with van der Waals surface area (Å²) >= 11 is 7.59. The van der Waals surface area contributed by atoms with Crippen molar-refractivity contribution in [1.29, 1.82) is 0 Å². The summed E-state index contributed by atoms with van der Waals surface area (Å²) in [6.45, 7) is 4.23. The SMILES string of the molecule is Cc1ccc(Cn2c(N3CCN(C(=O)CSc4c(-c5ccccc5)c5cc(Cl)ccc5[nH]c4=O)CC3)nc3c2c(=O)n(C)c(=O)n3C)cc1. The largest absolute Gasteiger partial charge is 0.339 e. The van der Waals surface area contributed by atoms with E-state index in [2.05, 4.69) is 9.88 Å². The first kappa shape index (κ1) is 32.5. The maximum absolute atomic E-state index is 13.6. The van der Waals surface area contributed by atoms with Crippen LogP contribution in [0, 0.1) is 6.92 Å². The molecule has 1 saturated heterocycles. The standard InChI is InChI=1S/C36H34ClN7O4S/c1-22-9-11-23(12-10-22)20-44-30-32(40(2)36(48)41(3)34(30)47)39-35(44)43-17-15-42(16-18-43)28(45)21-49-31-29(24-7-5-4-6-8-24)26-19-25(37)13-14-27(26)38-33(31)46/h4-14,19H,15-18,20-21H2,1-3H3,(H,38,46). The summed E-state index contributed by atoms with van der Waals surface area (Å²) in [6.07, 6.45) is 0. The maximum atomic E-state index is 13.6. The average molecular weight is 696 g/mol. The van der Waals surface area contributed by atoms with Crippen molar-refractivity contribution in [3.63, 3.8) is 0 Å². The third-order valence-electron chi connectivity index (χ3n) is 9.04. The maximum Gasteiger partial charge on any atom is 0.332 e. The first-order valence-electron chi connectivity index (χ1n) is 15.9. The molecule has 1 aliphatic rings. The number of aryl methyl sites for hydroxylation is 2. The molecule has 49 heavy (non-hydrogen) atoms. The minimum absolute atomic E-state index is 0.0824. The van der Waals surface area contributed by atoms with Gasteiger partial charge >= 0.3 is 5.69 Å². The molecule has 0 atom stereocenters. The molecule has 0 radical (unpaired) electrons. The van der Waals surface area contributed by atoms with Crippen LogP contribution >= 0.6 is 23.4 Å². The van der Waals surface area contributed by atoms with E-state index in [1.807, 2.05) is 72.2 Å². The van der Waals surface area contributed by atoms with Crippen LogP contribution in [0.2, 0.25) is 5.02 Å². The zero-order valence-corrected chi connectivity index (χ0v) is 28.8. The number of aromatic amines is 1. The number of carbonyl (C=O) groups is 1. The lowest BCUT2D eigenvalue weighted by molar-refractivity contribution is -0.128. The smallest absolute Gasteiger partial charge is 0.332 e. The molecule has 7 rings (SSSR count). The number of fused-ring (bicyclic) bond motifs is 2. The van der Waals surface area contributed by atoms with Gasteiger partial charge in [-0.2, -0.15) is 4.98 Å². The number of imidazole rings is 1. The van der Waals surface area contributed by atoms with Crippen LogP contribution < -0.4 is 21.7 Å². The van der Waals surface area contributed by atoms with Crippen LogP contribution in [-0.2, 0) is 25.4 Å². The van der Waals surface area contributed by atoms with Gasteiger partial charge < -0.3 is 14.8 Å². The molecule has 0 aliphatic carbocycles. The van der Waals surface area contributed by atoms with Gasteiger partial charge in [-0.3, -0.25) is 28.1 Å². The molecular weight excluding hydrogens is 662 g/mol. The summed E-state index contributed by atoms with van der Waals surface area (Å²) < 4.78 is 4.37. The molecule has 250 valence electrons. The van der Waals surface area contributed by atoms with Gasteiger partial charge in [-0.15, -0.1) is 11.8 Å². The van der Waals surface area contributed by atoms with Gasteiger partial charge in [0, 0.05) is 61.8 Å². The number of aromatic nitrogens is 5. The van der Waals surface area contributed by atoms with Gasteiger partial charge in [0.1, 0.15) is 0 Å². The van der Waals surface area contributed by atoms with Crippen molar-refractivity contribution in [2.45, 2.75) is 18.4 Å². The molecular formula is C36H34ClN7O4S. The third-order valence-corrected chi connectivity index (χ3v) is 10.3. The lowest BCUT2D eigenvalue weighted by Crippen LogP contribution is -2.50. The number of nitrogens with one attached hydrogen (secondary N) is 1. The number of thioether (sulfide) groups is 1. The molecule has 1 aliphatic heterocycles. The van der Waals surface area contributed by atoms with Gasteiger partial charge in [0.15, 0.2) is 11.2 Å². The van der Waals surface area contributed by atoms with E-state index in [9.17, 15) is 19.2 Å². The summed E-state index contributed by atoms with van der Waals surface area (Å²) in [5.41, 5.74) is 3.97. The van der Waals surface area contributed by atoms with Crippen LogP contribution in [0.4, 0.5) is 5.95 Å². The van der Waals surface area contributed by atoms with Crippen LogP contribution in [0.1, 0.15) is 11.1 Å². The van der Waals surface area contributed by atoms with Gasteiger partial charge in [-0.05, 0) is 36.2 Å². The molecule has 3 aromatic heterocycles. The molecule has 0 spiro atoms. The van der Waals surface area contributed by atoms with Crippen molar-refractivity contribution >= 4 is 57.3 Å². The average Bonchev–Trinajstić information content (AvgIpc) is 3.49. The second-order valence-corrected chi connectivity index (χ2v) is 13.7. The van der Waals surface area contributed by atoms with E-state index in [1.165, 1.54) is 23.4 Å². The fourth-order valence-corrected chi connectivity index (χ4v) is 7.54. The summed E-state index contributed by atoms with van der Waals surface area (Å²) in [4.78, 5) is 65.2. The summed E-state index contributed by atoms with van der Waals surface area (Å²) in [5.74, 6) is 0.571. The monoisotopic (exact) mass is 695 g/mol. The van der Waals surface area contributed by atoms with E-state index >= 15 is 0 Å². The van der Waals surface area contributed by atoms with Crippen LogP contribution in [0.3, 0.4) is 0 Å². The second kappa shape index (κ2) is 13.1. The molecule has 4 heterocycles.